The lowest BCUT2D eigenvalue weighted by Crippen LogP contribution is -2.16. The lowest BCUT2D eigenvalue weighted by atomic mass is 10.2. The first-order valence-electron chi connectivity index (χ1n) is 7.34. The number of ether oxygens (including phenoxy) is 1. The van der Waals surface area contributed by atoms with Crippen LogP contribution in [-0.4, -0.2) is 54.6 Å². The molecule has 22 heavy (non-hydrogen) atoms. The van der Waals surface area contributed by atoms with Gasteiger partial charge in [-0.1, -0.05) is 0 Å². The van der Waals surface area contributed by atoms with Gasteiger partial charge in [0.1, 0.15) is 21.9 Å². The van der Waals surface area contributed by atoms with Crippen LogP contribution in [0, 0.1) is 6.92 Å². The van der Waals surface area contributed by atoms with Gasteiger partial charge < -0.3 is 15.0 Å². The standard InChI is InChI=1S/C15H22N4O2S/c1-5-21-15(20)12-10(2)11-13(16-7-6-8-19(3)4)17-9-18-14(11)22-12/h9H,5-8H2,1-4H3,(H,16,17,18). The fourth-order valence-electron chi connectivity index (χ4n) is 2.20. The summed E-state index contributed by atoms with van der Waals surface area (Å²) in [5.74, 6) is 0.495. The summed E-state index contributed by atoms with van der Waals surface area (Å²) in [5.41, 5.74) is 0.883. The largest absolute Gasteiger partial charge is 0.462 e. The van der Waals surface area contributed by atoms with E-state index in [9.17, 15) is 4.79 Å². The van der Waals surface area contributed by atoms with E-state index in [1.165, 1.54) is 17.7 Å². The van der Waals surface area contributed by atoms with Crippen molar-refractivity contribution in [1.82, 2.24) is 14.9 Å². The van der Waals surface area contributed by atoms with Crippen LogP contribution in [-0.2, 0) is 4.74 Å². The van der Waals surface area contributed by atoms with Crippen LogP contribution in [0.15, 0.2) is 6.33 Å². The fourth-order valence-corrected chi connectivity index (χ4v) is 3.24. The maximum absolute atomic E-state index is 12.0. The minimum Gasteiger partial charge on any atom is -0.462 e. The number of aryl methyl sites for hydroxylation is 1. The number of carbonyl (C=O) groups is 1. The number of rotatable bonds is 7. The quantitative estimate of drug-likeness (QED) is 0.624. The van der Waals surface area contributed by atoms with Gasteiger partial charge in [0.25, 0.3) is 0 Å². The lowest BCUT2D eigenvalue weighted by molar-refractivity contribution is 0.0531. The SMILES string of the molecule is CCOC(=O)c1sc2ncnc(NCCCN(C)C)c2c1C. The highest BCUT2D eigenvalue weighted by Gasteiger charge is 2.19. The molecule has 0 saturated carbocycles. The Balaban J connectivity index is 2.22. The van der Waals surface area contributed by atoms with Crippen LogP contribution >= 0.6 is 11.3 Å². The van der Waals surface area contributed by atoms with E-state index in [1.807, 2.05) is 6.92 Å². The van der Waals surface area contributed by atoms with E-state index in [-0.39, 0.29) is 5.97 Å². The Morgan fingerprint density at radius 1 is 1.41 bits per heavy atom. The van der Waals surface area contributed by atoms with Crippen molar-refractivity contribution in [2.75, 3.05) is 39.1 Å². The molecular weight excluding hydrogens is 300 g/mol. The van der Waals surface area contributed by atoms with Crippen molar-refractivity contribution >= 4 is 33.3 Å². The normalized spacial score (nSPS) is 11.1. The van der Waals surface area contributed by atoms with Crippen molar-refractivity contribution in [2.45, 2.75) is 20.3 Å². The minimum absolute atomic E-state index is 0.290. The summed E-state index contributed by atoms with van der Waals surface area (Å²) in [6, 6.07) is 0. The van der Waals surface area contributed by atoms with Crippen molar-refractivity contribution < 1.29 is 9.53 Å². The molecule has 6 nitrogen and oxygen atoms in total. The molecule has 0 aliphatic rings. The van der Waals surface area contributed by atoms with E-state index in [4.69, 9.17) is 4.74 Å². The van der Waals surface area contributed by atoms with Gasteiger partial charge in [-0.25, -0.2) is 14.8 Å². The second-order valence-corrected chi connectivity index (χ2v) is 6.26. The summed E-state index contributed by atoms with van der Waals surface area (Å²) in [6.07, 6.45) is 2.55. The van der Waals surface area contributed by atoms with Gasteiger partial charge in [-0.2, -0.15) is 0 Å². The fraction of sp³-hybridized carbons (Fsp3) is 0.533. The van der Waals surface area contributed by atoms with E-state index in [1.54, 1.807) is 6.92 Å². The third kappa shape index (κ3) is 3.72. The number of hydrogen-bond acceptors (Lipinski definition) is 7. The molecule has 120 valence electrons. The summed E-state index contributed by atoms with van der Waals surface area (Å²) >= 11 is 1.36. The number of nitrogens with zero attached hydrogens (tertiary/aromatic N) is 3. The molecule has 0 atom stereocenters. The van der Waals surface area contributed by atoms with Crippen LogP contribution in [0.3, 0.4) is 0 Å². The van der Waals surface area contributed by atoms with Crippen LogP contribution in [0.2, 0.25) is 0 Å². The Morgan fingerprint density at radius 2 is 2.18 bits per heavy atom. The van der Waals surface area contributed by atoms with Gasteiger partial charge in [-0.05, 0) is 46.5 Å². The second kappa shape index (κ2) is 7.51. The summed E-state index contributed by atoms with van der Waals surface area (Å²) in [7, 11) is 4.11. The average molecular weight is 322 g/mol. The predicted octanol–water partition coefficient (Wildman–Crippen LogP) is 2.54. The second-order valence-electron chi connectivity index (χ2n) is 5.26. The molecule has 2 aromatic heterocycles. The molecule has 0 saturated heterocycles. The highest BCUT2D eigenvalue weighted by molar-refractivity contribution is 7.20. The maximum Gasteiger partial charge on any atom is 0.348 e. The van der Waals surface area contributed by atoms with Crippen LogP contribution in [0.4, 0.5) is 5.82 Å². The van der Waals surface area contributed by atoms with Gasteiger partial charge in [-0.3, -0.25) is 0 Å². The topological polar surface area (TPSA) is 67.3 Å². The molecule has 0 spiro atoms. The minimum atomic E-state index is -0.290. The summed E-state index contributed by atoms with van der Waals surface area (Å²) in [6.45, 7) is 5.93. The molecule has 0 aliphatic carbocycles. The van der Waals surface area contributed by atoms with Crippen molar-refractivity contribution in [3.05, 3.63) is 16.8 Å². The molecule has 0 aliphatic heterocycles. The number of esters is 1. The average Bonchev–Trinajstić information content (AvgIpc) is 2.82. The molecule has 1 N–H and O–H groups in total. The molecule has 0 aromatic carbocycles. The first-order chi connectivity index (χ1) is 10.5. The molecule has 2 rings (SSSR count). The van der Waals surface area contributed by atoms with E-state index >= 15 is 0 Å². The van der Waals surface area contributed by atoms with Gasteiger partial charge in [-0.15, -0.1) is 11.3 Å². The van der Waals surface area contributed by atoms with Gasteiger partial charge in [0, 0.05) is 6.54 Å². The summed E-state index contributed by atoms with van der Waals surface area (Å²) < 4.78 is 5.10. The van der Waals surface area contributed by atoms with Crippen LogP contribution in [0.5, 0.6) is 0 Å². The van der Waals surface area contributed by atoms with E-state index in [2.05, 4.69) is 34.3 Å². The van der Waals surface area contributed by atoms with Crippen molar-refractivity contribution in [3.8, 4) is 0 Å². The van der Waals surface area contributed by atoms with Gasteiger partial charge >= 0.3 is 5.97 Å². The highest BCUT2D eigenvalue weighted by Crippen LogP contribution is 2.33. The monoisotopic (exact) mass is 322 g/mol. The first-order valence-corrected chi connectivity index (χ1v) is 8.16. The zero-order chi connectivity index (χ0) is 16.1. The molecule has 2 heterocycles. The van der Waals surface area contributed by atoms with E-state index in [0.29, 0.717) is 11.5 Å². The van der Waals surface area contributed by atoms with Crippen molar-refractivity contribution in [3.63, 3.8) is 0 Å². The Hall–Kier alpha value is -1.73. The Morgan fingerprint density at radius 3 is 2.86 bits per heavy atom. The van der Waals surface area contributed by atoms with Crippen LogP contribution in [0.1, 0.15) is 28.6 Å². The third-order valence-electron chi connectivity index (χ3n) is 3.26. The number of thiophene rings is 1. The number of anilines is 1. The Kier molecular flexibility index (Phi) is 5.68. The number of nitrogens with one attached hydrogen (secondary N) is 1. The highest BCUT2D eigenvalue weighted by atomic mass is 32.1. The summed E-state index contributed by atoms with van der Waals surface area (Å²) in [5, 5.41) is 4.26. The number of hydrogen-bond donors (Lipinski definition) is 1. The molecule has 0 bridgehead atoms. The van der Waals surface area contributed by atoms with Gasteiger partial charge in [0.05, 0.1) is 12.0 Å². The van der Waals surface area contributed by atoms with Gasteiger partial charge in [0.2, 0.25) is 0 Å². The molecule has 7 heteroatoms. The molecule has 2 aromatic rings. The number of carbonyl (C=O) groups excluding carboxylic acids is 1. The number of fused-ring (bicyclic) bond motifs is 1. The van der Waals surface area contributed by atoms with Crippen molar-refractivity contribution in [1.29, 1.82) is 0 Å². The first kappa shape index (κ1) is 16.6. The van der Waals surface area contributed by atoms with E-state index < -0.39 is 0 Å². The van der Waals surface area contributed by atoms with Crippen LogP contribution < -0.4 is 5.32 Å². The van der Waals surface area contributed by atoms with Gasteiger partial charge in [0.15, 0.2) is 0 Å². The summed E-state index contributed by atoms with van der Waals surface area (Å²) in [4.78, 5) is 24.2. The van der Waals surface area contributed by atoms with Crippen LogP contribution in [0.25, 0.3) is 10.2 Å². The molecular formula is C15H22N4O2S. The Labute approximate surface area is 134 Å². The zero-order valence-electron chi connectivity index (χ0n) is 13.5. The molecule has 0 amide bonds. The van der Waals surface area contributed by atoms with Crippen molar-refractivity contribution in [2.24, 2.45) is 0 Å². The Bertz CT molecular complexity index is 654. The zero-order valence-corrected chi connectivity index (χ0v) is 14.3. The number of aromatic nitrogens is 2. The smallest absolute Gasteiger partial charge is 0.348 e. The molecule has 0 radical (unpaired) electrons. The lowest BCUT2D eigenvalue weighted by Gasteiger charge is -2.10. The third-order valence-corrected chi connectivity index (χ3v) is 4.44. The predicted molar refractivity (Wildman–Crippen MR) is 89.8 cm³/mol. The maximum atomic E-state index is 12.0. The molecule has 0 fully saturated rings. The van der Waals surface area contributed by atoms with E-state index in [0.717, 1.165) is 41.1 Å². The molecule has 0 unspecified atom stereocenters.